The quantitative estimate of drug-likeness (QED) is 0.0118. The summed E-state index contributed by atoms with van der Waals surface area (Å²) >= 11 is 0. The van der Waals surface area contributed by atoms with E-state index in [9.17, 15) is 41.1 Å². The maximum absolute atomic E-state index is 13.6. The molecule has 1 aromatic carbocycles. The summed E-state index contributed by atoms with van der Waals surface area (Å²) in [5, 5.41) is 14.8. The summed E-state index contributed by atoms with van der Waals surface area (Å²) in [6.45, 7) is 2.59. The van der Waals surface area contributed by atoms with Gasteiger partial charge in [0.1, 0.15) is 12.1 Å². The van der Waals surface area contributed by atoms with E-state index in [1.54, 1.807) is 0 Å². The molecule has 0 fully saturated rings. The van der Waals surface area contributed by atoms with Gasteiger partial charge in [-0.25, -0.2) is 13.2 Å². The lowest BCUT2D eigenvalue weighted by Crippen LogP contribution is -2.53. The third-order valence-corrected chi connectivity index (χ3v) is 6.95. The average Bonchev–Trinajstić information content (AvgIpc) is 3.14. The predicted molar refractivity (Wildman–Crippen MR) is 178 cm³/mol. The van der Waals surface area contributed by atoms with Crippen molar-refractivity contribution in [3.63, 3.8) is 0 Å². The number of nitrogens with one attached hydrogen (secondary N) is 3. The summed E-state index contributed by atoms with van der Waals surface area (Å²) in [5.74, 6) is -15.8. The number of amides is 3. The lowest BCUT2D eigenvalue weighted by atomic mass is 10.1. The van der Waals surface area contributed by atoms with Crippen LogP contribution < -0.4 is 20.7 Å². The van der Waals surface area contributed by atoms with Gasteiger partial charge in [0.15, 0.2) is 0 Å². The molecule has 18 nitrogen and oxygen atoms in total. The van der Waals surface area contributed by atoms with Gasteiger partial charge in [-0.2, -0.15) is 8.78 Å². The molecule has 0 aromatic heterocycles. The molecular weight excluding hydrogens is 737 g/mol. The van der Waals surface area contributed by atoms with E-state index in [1.807, 2.05) is 0 Å². The molecule has 1 rings (SSSR count). The minimum Gasteiger partial charge on any atom is -0.420 e. The molecule has 3 N–H and O–H groups in total. The van der Waals surface area contributed by atoms with Crippen molar-refractivity contribution in [1.29, 1.82) is 0 Å². The molecule has 2 atom stereocenters. The molecule has 0 aliphatic carbocycles. The van der Waals surface area contributed by atoms with Crippen LogP contribution in [0.5, 0.6) is 5.75 Å². The van der Waals surface area contributed by atoms with Crippen LogP contribution >= 0.6 is 0 Å². The molecule has 54 heavy (non-hydrogen) atoms. The molecular formula is C31H44F5N9O9. The third-order valence-electron chi connectivity index (χ3n) is 6.95. The number of ether oxygens (including phenoxy) is 5. The van der Waals surface area contributed by atoms with Gasteiger partial charge in [-0.15, -0.1) is 0 Å². The van der Waals surface area contributed by atoms with Crippen LogP contribution in [0.25, 0.3) is 20.9 Å². The van der Waals surface area contributed by atoms with Gasteiger partial charge in [0.2, 0.25) is 52.6 Å². The first kappa shape index (κ1) is 47.2. The molecule has 23 heteroatoms. The first-order chi connectivity index (χ1) is 25.9. The number of esters is 1. The Kier molecular flexibility index (Phi) is 25.1. The van der Waals surface area contributed by atoms with Crippen molar-refractivity contribution < 1.29 is 64.8 Å². The maximum atomic E-state index is 13.6. The molecule has 3 amide bonds. The maximum Gasteiger partial charge on any atom is 0.313 e. The van der Waals surface area contributed by atoms with Crippen LogP contribution in [0.1, 0.15) is 51.9 Å². The molecule has 0 spiro atoms. The molecule has 0 saturated carbocycles. The summed E-state index contributed by atoms with van der Waals surface area (Å²) in [5.41, 5.74) is 16.9. The highest BCUT2D eigenvalue weighted by Gasteiger charge is 2.29. The summed E-state index contributed by atoms with van der Waals surface area (Å²) < 4.78 is 92.1. The van der Waals surface area contributed by atoms with E-state index >= 15 is 0 Å². The Bertz CT molecular complexity index is 1420. The number of benzene rings is 1. The zero-order chi connectivity index (χ0) is 40.1. The number of azide groups is 2. The first-order valence-corrected chi connectivity index (χ1v) is 16.8. The van der Waals surface area contributed by atoms with Crippen LogP contribution in [0, 0.1) is 29.1 Å². The van der Waals surface area contributed by atoms with Crippen molar-refractivity contribution in [2.45, 2.75) is 64.0 Å². The van der Waals surface area contributed by atoms with E-state index < -0.39 is 77.0 Å². The van der Waals surface area contributed by atoms with Crippen molar-refractivity contribution in [3.05, 3.63) is 50.0 Å². The standard InChI is InChI=1S/C31H44F5N9O9/c1-20(46)42-22(7-3-5-10-41-45-38)31(49)43-21(6-2-4-9-40-44-37)30(48)39-11-13-51-15-17-53-19-18-52-16-14-50-12-8-23(47)54-29-27(35)25(33)24(32)26(34)28(29)36/h21-22H,2-19H2,1H3,(H,39,48)(H,42,46)(H,43,49)/t21-,22-/m0/s1. The zero-order valence-corrected chi connectivity index (χ0v) is 29.6. The fourth-order valence-corrected chi connectivity index (χ4v) is 4.33. The average molecular weight is 782 g/mol. The summed E-state index contributed by atoms with van der Waals surface area (Å²) in [6.07, 6.45) is 1.93. The number of hydrogen-bond donors (Lipinski definition) is 3. The minimum atomic E-state index is -2.38. The van der Waals surface area contributed by atoms with Crippen molar-refractivity contribution in [2.75, 3.05) is 72.5 Å². The van der Waals surface area contributed by atoms with Crippen LogP contribution in [-0.2, 0) is 38.1 Å². The Morgan fingerprint density at radius 2 is 1.07 bits per heavy atom. The van der Waals surface area contributed by atoms with Crippen molar-refractivity contribution in [3.8, 4) is 5.75 Å². The topological polar surface area (TPSA) is 248 Å². The minimum absolute atomic E-state index is 0.0148. The zero-order valence-electron chi connectivity index (χ0n) is 29.6. The second-order valence-corrected chi connectivity index (χ2v) is 11.1. The van der Waals surface area contributed by atoms with Gasteiger partial charge in [-0.05, 0) is 36.7 Å². The highest BCUT2D eigenvalue weighted by molar-refractivity contribution is 5.91. The number of carbonyl (C=O) groups is 4. The van der Waals surface area contributed by atoms with Crippen molar-refractivity contribution in [1.82, 2.24) is 16.0 Å². The van der Waals surface area contributed by atoms with Crippen LogP contribution in [0.15, 0.2) is 10.2 Å². The third kappa shape index (κ3) is 19.9. The van der Waals surface area contributed by atoms with Gasteiger partial charge >= 0.3 is 5.97 Å². The van der Waals surface area contributed by atoms with E-state index in [1.165, 1.54) is 6.92 Å². The van der Waals surface area contributed by atoms with Gasteiger partial charge in [-0.1, -0.05) is 23.1 Å². The molecule has 0 aliphatic heterocycles. The largest absolute Gasteiger partial charge is 0.420 e. The summed E-state index contributed by atoms with van der Waals surface area (Å²) in [4.78, 5) is 54.6. The fraction of sp³-hybridized carbons (Fsp3) is 0.677. The Balaban J connectivity index is 2.27. The van der Waals surface area contributed by atoms with E-state index in [0.29, 0.717) is 25.7 Å². The Labute approximate surface area is 307 Å². The normalized spacial score (nSPS) is 11.8. The van der Waals surface area contributed by atoms with Crippen LogP contribution in [0.4, 0.5) is 22.0 Å². The van der Waals surface area contributed by atoms with Crippen LogP contribution in [-0.4, -0.2) is 108 Å². The van der Waals surface area contributed by atoms with Crippen LogP contribution in [0.2, 0.25) is 0 Å². The number of halogens is 5. The predicted octanol–water partition coefficient (Wildman–Crippen LogP) is 3.81. The van der Waals surface area contributed by atoms with E-state index in [2.05, 4.69) is 40.7 Å². The van der Waals surface area contributed by atoms with Crippen molar-refractivity contribution in [2.24, 2.45) is 10.2 Å². The van der Waals surface area contributed by atoms with E-state index in [4.69, 9.17) is 30.0 Å². The van der Waals surface area contributed by atoms with Gasteiger partial charge in [-0.3, -0.25) is 19.2 Å². The smallest absolute Gasteiger partial charge is 0.313 e. The number of unbranched alkanes of at least 4 members (excludes halogenated alkanes) is 2. The highest BCUT2D eigenvalue weighted by Crippen LogP contribution is 2.29. The highest BCUT2D eigenvalue weighted by atomic mass is 19.2. The molecule has 1 aromatic rings. The lowest BCUT2D eigenvalue weighted by Gasteiger charge is -2.23. The Morgan fingerprint density at radius 1 is 0.630 bits per heavy atom. The molecule has 0 heterocycles. The second-order valence-electron chi connectivity index (χ2n) is 11.1. The lowest BCUT2D eigenvalue weighted by molar-refractivity contribution is -0.136. The monoisotopic (exact) mass is 781 g/mol. The molecule has 0 aliphatic rings. The molecule has 0 unspecified atom stereocenters. The van der Waals surface area contributed by atoms with Gasteiger partial charge in [0.25, 0.3) is 0 Å². The van der Waals surface area contributed by atoms with E-state index in [-0.39, 0.29) is 85.3 Å². The van der Waals surface area contributed by atoms with Gasteiger partial charge in [0.05, 0.1) is 59.3 Å². The van der Waals surface area contributed by atoms with Gasteiger partial charge in [0, 0.05) is 36.4 Å². The first-order valence-electron chi connectivity index (χ1n) is 16.8. The molecule has 0 saturated heterocycles. The number of hydrogen-bond acceptors (Lipinski definition) is 11. The number of rotatable bonds is 30. The van der Waals surface area contributed by atoms with Crippen molar-refractivity contribution >= 4 is 23.7 Å². The Morgan fingerprint density at radius 3 is 1.56 bits per heavy atom. The SMILES string of the molecule is CC(=O)N[C@@H](CCCCN=[N+]=[N-])C(=O)N[C@@H](CCCCN=[N+]=[N-])C(=O)NCCOCCOCCOCCOCCC(=O)Oc1c(F)c(F)c(F)c(F)c1F. The number of nitrogens with zero attached hydrogens (tertiary/aromatic N) is 6. The second kappa shape index (κ2) is 28.7. The fourth-order valence-electron chi connectivity index (χ4n) is 4.33. The van der Waals surface area contributed by atoms with Gasteiger partial charge < -0.3 is 39.6 Å². The van der Waals surface area contributed by atoms with E-state index in [0.717, 1.165) is 0 Å². The molecule has 0 bridgehead atoms. The summed E-state index contributed by atoms with van der Waals surface area (Å²) in [7, 11) is 0. The molecule has 302 valence electrons. The van der Waals surface area contributed by atoms with Crippen LogP contribution in [0.3, 0.4) is 0 Å². The Hall–Kier alpha value is -4.79. The summed E-state index contributed by atoms with van der Waals surface area (Å²) in [6, 6.07) is -1.84. The number of carbonyl (C=O) groups excluding carboxylic acids is 4. The molecule has 0 radical (unpaired) electrons.